The predicted molar refractivity (Wildman–Crippen MR) is 117 cm³/mol. The monoisotopic (exact) mass is 481 g/mol. The van der Waals surface area contributed by atoms with Crippen molar-refractivity contribution in [2.45, 2.75) is 50.8 Å². The van der Waals surface area contributed by atoms with Gasteiger partial charge in [-0.1, -0.05) is 44.4 Å². The molecule has 7 heteroatoms. The standard InChI is InChI=1S/C18H31N3O2S.HI/c1-3-5-6-10-14-20-18(19-4-2)21-15-11-16-24(22,23)17-12-8-7-9-13-17;/h7-9,12-13H,3-6,10-11,14-16H2,1-2H3,(H2,19,20,21);1H. The van der Waals surface area contributed by atoms with Crippen LogP contribution in [0.4, 0.5) is 0 Å². The summed E-state index contributed by atoms with van der Waals surface area (Å²) in [5, 5.41) is 6.49. The Morgan fingerprint density at radius 2 is 1.72 bits per heavy atom. The molecule has 0 saturated heterocycles. The van der Waals surface area contributed by atoms with E-state index in [1.165, 1.54) is 19.3 Å². The number of hydrogen-bond donors (Lipinski definition) is 2. The second-order valence-electron chi connectivity index (χ2n) is 5.73. The number of aliphatic imine (C=N–C) groups is 1. The van der Waals surface area contributed by atoms with Crippen molar-refractivity contribution in [3.05, 3.63) is 30.3 Å². The van der Waals surface area contributed by atoms with Gasteiger partial charge < -0.3 is 10.6 Å². The molecular formula is C18H32IN3O2S. The van der Waals surface area contributed by atoms with Gasteiger partial charge in [0.15, 0.2) is 15.8 Å². The normalized spacial score (nSPS) is 11.7. The minimum absolute atomic E-state index is 0. The van der Waals surface area contributed by atoms with Crippen molar-refractivity contribution in [2.75, 3.05) is 25.4 Å². The minimum Gasteiger partial charge on any atom is -0.357 e. The van der Waals surface area contributed by atoms with Gasteiger partial charge in [-0.05, 0) is 31.9 Å². The van der Waals surface area contributed by atoms with Crippen LogP contribution in [0.1, 0.15) is 46.0 Å². The highest BCUT2D eigenvalue weighted by Gasteiger charge is 2.12. The smallest absolute Gasteiger partial charge is 0.191 e. The van der Waals surface area contributed by atoms with Crippen molar-refractivity contribution >= 4 is 39.8 Å². The number of sulfone groups is 1. The fourth-order valence-electron chi connectivity index (χ4n) is 2.29. The Kier molecular flexibility index (Phi) is 13.9. The number of benzene rings is 1. The summed E-state index contributed by atoms with van der Waals surface area (Å²) in [5.74, 6) is 0.891. The van der Waals surface area contributed by atoms with Crippen molar-refractivity contribution in [3.8, 4) is 0 Å². The first-order valence-electron chi connectivity index (χ1n) is 8.90. The van der Waals surface area contributed by atoms with Crippen LogP contribution in [0.2, 0.25) is 0 Å². The lowest BCUT2D eigenvalue weighted by molar-refractivity contribution is 0.593. The van der Waals surface area contributed by atoms with Crippen LogP contribution in [0.15, 0.2) is 40.2 Å². The summed E-state index contributed by atoms with van der Waals surface area (Å²) in [6.07, 6.45) is 5.35. The van der Waals surface area contributed by atoms with E-state index in [-0.39, 0.29) is 29.7 Å². The molecule has 0 aliphatic carbocycles. The molecule has 0 heterocycles. The van der Waals surface area contributed by atoms with Crippen LogP contribution in [-0.4, -0.2) is 39.8 Å². The molecule has 0 fully saturated rings. The molecular weight excluding hydrogens is 449 g/mol. The molecule has 1 aromatic carbocycles. The first-order chi connectivity index (χ1) is 11.6. The largest absolute Gasteiger partial charge is 0.357 e. The highest BCUT2D eigenvalue weighted by molar-refractivity contribution is 14.0. The molecule has 2 N–H and O–H groups in total. The van der Waals surface area contributed by atoms with Crippen molar-refractivity contribution < 1.29 is 8.42 Å². The molecule has 0 aliphatic rings. The average molecular weight is 481 g/mol. The lowest BCUT2D eigenvalue weighted by Crippen LogP contribution is -2.37. The van der Waals surface area contributed by atoms with Crippen LogP contribution < -0.4 is 10.6 Å². The highest BCUT2D eigenvalue weighted by Crippen LogP contribution is 2.10. The summed E-state index contributed by atoms with van der Waals surface area (Å²) in [6.45, 7) is 6.41. The van der Waals surface area contributed by atoms with E-state index in [2.05, 4.69) is 22.5 Å². The molecule has 0 amide bonds. The van der Waals surface area contributed by atoms with E-state index in [4.69, 9.17) is 0 Å². The Morgan fingerprint density at radius 3 is 2.36 bits per heavy atom. The van der Waals surface area contributed by atoms with Crippen LogP contribution in [-0.2, 0) is 9.84 Å². The van der Waals surface area contributed by atoms with Gasteiger partial charge in [-0.3, -0.25) is 4.99 Å². The summed E-state index contributed by atoms with van der Waals surface area (Å²) in [7, 11) is -3.21. The van der Waals surface area contributed by atoms with Crippen molar-refractivity contribution in [1.29, 1.82) is 0 Å². The zero-order chi connectivity index (χ0) is 17.7. The number of hydrogen-bond acceptors (Lipinski definition) is 3. The Morgan fingerprint density at radius 1 is 1.00 bits per heavy atom. The first kappa shape index (κ1) is 24.2. The SMILES string of the molecule is CCCCCCNC(=NCCCS(=O)(=O)c1ccccc1)NCC.I. The predicted octanol–water partition coefficient (Wildman–Crippen LogP) is 3.60. The third-order valence-corrected chi connectivity index (χ3v) is 5.43. The first-order valence-corrected chi connectivity index (χ1v) is 10.6. The molecule has 1 aromatic rings. The fourth-order valence-corrected chi connectivity index (χ4v) is 3.61. The van der Waals surface area contributed by atoms with Gasteiger partial charge in [0, 0.05) is 19.6 Å². The minimum atomic E-state index is -3.21. The van der Waals surface area contributed by atoms with E-state index < -0.39 is 9.84 Å². The number of guanidine groups is 1. The lowest BCUT2D eigenvalue weighted by Gasteiger charge is -2.11. The molecule has 0 atom stereocenters. The van der Waals surface area contributed by atoms with E-state index in [1.807, 2.05) is 13.0 Å². The van der Waals surface area contributed by atoms with Gasteiger partial charge in [0.1, 0.15) is 0 Å². The fraction of sp³-hybridized carbons (Fsp3) is 0.611. The van der Waals surface area contributed by atoms with E-state index in [1.54, 1.807) is 24.3 Å². The second-order valence-corrected chi connectivity index (χ2v) is 7.84. The van der Waals surface area contributed by atoms with E-state index in [9.17, 15) is 8.42 Å². The maximum Gasteiger partial charge on any atom is 0.191 e. The Balaban J connectivity index is 0.00000576. The number of nitrogens with one attached hydrogen (secondary N) is 2. The summed E-state index contributed by atoms with van der Waals surface area (Å²) in [5.41, 5.74) is 0. The van der Waals surface area contributed by atoms with Gasteiger partial charge in [-0.25, -0.2) is 8.42 Å². The van der Waals surface area contributed by atoms with Crippen molar-refractivity contribution in [3.63, 3.8) is 0 Å². The van der Waals surface area contributed by atoms with E-state index in [0.29, 0.717) is 17.9 Å². The highest BCUT2D eigenvalue weighted by atomic mass is 127. The quantitative estimate of drug-likeness (QED) is 0.219. The van der Waals surface area contributed by atoms with Crippen molar-refractivity contribution in [1.82, 2.24) is 10.6 Å². The summed E-state index contributed by atoms with van der Waals surface area (Å²) < 4.78 is 24.4. The Labute approximate surface area is 170 Å². The number of halogens is 1. The Hall–Kier alpha value is -0.830. The molecule has 0 unspecified atom stereocenters. The number of nitrogens with zero attached hydrogens (tertiary/aromatic N) is 1. The number of rotatable bonds is 11. The van der Waals surface area contributed by atoms with Crippen LogP contribution in [0.3, 0.4) is 0 Å². The molecule has 0 aromatic heterocycles. The zero-order valence-electron chi connectivity index (χ0n) is 15.3. The van der Waals surface area contributed by atoms with Gasteiger partial charge in [-0.2, -0.15) is 0 Å². The summed E-state index contributed by atoms with van der Waals surface area (Å²) in [6, 6.07) is 8.59. The van der Waals surface area contributed by atoms with Crippen LogP contribution in [0.25, 0.3) is 0 Å². The van der Waals surface area contributed by atoms with Crippen LogP contribution in [0, 0.1) is 0 Å². The third kappa shape index (κ3) is 10.7. The maximum atomic E-state index is 12.2. The topological polar surface area (TPSA) is 70.6 Å². The maximum absolute atomic E-state index is 12.2. The summed E-state index contributed by atoms with van der Waals surface area (Å²) >= 11 is 0. The van der Waals surface area contributed by atoms with Gasteiger partial charge in [0.25, 0.3) is 0 Å². The zero-order valence-corrected chi connectivity index (χ0v) is 18.5. The molecule has 5 nitrogen and oxygen atoms in total. The lowest BCUT2D eigenvalue weighted by atomic mass is 10.2. The van der Waals surface area contributed by atoms with Gasteiger partial charge >= 0.3 is 0 Å². The van der Waals surface area contributed by atoms with Crippen LogP contribution >= 0.6 is 24.0 Å². The number of unbranched alkanes of at least 4 members (excludes halogenated alkanes) is 3. The van der Waals surface area contributed by atoms with Crippen LogP contribution in [0.5, 0.6) is 0 Å². The molecule has 0 bridgehead atoms. The van der Waals surface area contributed by atoms with Gasteiger partial charge in [-0.15, -0.1) is 24.0 Å². The molecule has 0 spiro atoms. The molecule has 0 aliphatic heterocycles. The second kappa shape index (κ2) is 14.4. The Bertz CT molecular complexity index is 577. The molecule has 1 rings (SSSR count). The molecule has 0 radical (unpaired) electrons. The van der Waals surface area contributed by atoms with Gasteiger partial charge in [0.2, 0.25) is 0 Å². The van der Waals surface area contributed by atoms with E-state index in [0.717, 1.165) is 25.5 Å². The van der Waals surface area contributed by atoms with E-state index >= 15 is 0 Å². The molecule has 25 heavy (non-hydrogen) atoms. The summed E-state index contributed by atoms with van der Waals surface area (Å²) in [4.78, 5) is 4.84. The molecule has 0 saturated carbocycles. The average Bonchev–Trinajstić information content (AvgIpc) is 2.59. The van der Waals surface area contributed by atoms with Crippen molar-refractivity contribution in [2.24, 2.45) is 4.99 Å². The third-order valence-electron chi connectivity index (χ3n) is 3.61. The van der Waals surface area contributed by atoms with Gasteiger partial charge in [0.05, 0.1) is 10.6 Å². The molecule has 144 valence electrons.